The molecule has 0 aliphatic carbocycles. The van der Waals surface area contributed by atoms with E-state index in [2.05, 4.69) is 46.6 Å². The third-order valence-electron chi connectivity index (χ3n) is 7.72. The molecule has 2 aliphatic heterocycles. The van der Waals surface area contributed by atoms with Crippen molar-refractivity contribution in [1.82, 2.24) is 15.1 Å². The second-order valence-corrected chi connectivity index (χ2v) is 10.6. The van der Waals surface area contributed by atoms with Crippen LogP contribution in [0.4, 0.5) is 4.79 Å². The average molecular weight is 532 g/mol. The highest BCUT2D eigenvalue weighted by atomic mass is 16.6. The standard InChI is InChI=1S/C34H33N3O3/c38-33(35-31-19-20-36(23-31)21-25-7-3-1-4-8-25)30-17-15-28(16-18-30)27-13-11-26(12-14-27)22-37-24-32(40-34(37)39)29-9-5-2-6-10-29/h1-18,31-32H,19-24H2,(H,35,38)/t31-,32-/m0/s1. The summed E-state index contributed by atoms with van der Waals surface area (Å²) >= 11 is 0. The van der Waals surface area contributed by atoms with Gasteiger partial charge in [0.15, 0.2) is 0 Å². The molecule has 1 N–H and O–H groups in total. The molecule has 0 unspecified atom stereocenters. The molecule has 2 aliphatic rings. The van der Waals surface area contributed by atoms with E-state index < -0.39 is 0 Å². The number of cyclic esters (lactones) is 1. The van der Waals surface area contributed by atoms with Crippen LogP contribution in [0.15, 0.2) is 109 Å². The number of ether oxygens (including phenoxy) is 1. The van der Waals surface area contributed by atoms with Crippen LogP contribution in [0.5, 0.6) is 0 Å². The van der Waals surface area contributed by atoms with E-state index in [-0.39, 0.29) is 24.1 Å². The van der Waals surface area contributed by atoms with Crippen LogP contribution in [0, 0.1) is 0 Å². The molecule has 2 atom stereocenters. The summed E-state index contributed by atoms with van der Waals surface area (Å²) < 4.78 is 5.58. The molecule has 2 fully saturated rings. The summed E-state index contributed by atoms with van der Waals surface area (Å²) in [5, 5.41) is 3.21. The van der Waals surface area contributed by atoms with Crippen molar-refractivity contribution in [2.45, 2.75) is 31.7 Å². The van der Waals surface area contributed by atoms with Crippen LogP contribution >= 0.6 is 0 Å². The van der Waals surface area contributed by atoms with Gasteiger partial charge in [-0.15, -0.1) is 0 Å². The van der Waals surface area contributed by atoms with Gasteiger partial charge in [-0.25, -0.2) is 4.79 Å². The van der Waals surface area contributed by atoms with Crippen molar-refractivity contribution in [3.05, 3.63) is 131 Å². The molecule has 0 saturated carbocycles. The van der Waals surface area contributed by atoms with Crippen molar-refractivity contribution in [3.8, 4) is 11.1 Å². The highest BCUT2D eigenvalue weighted by Crippen LogP contribution is 2.28. The Hall–Kier alpha value is -4.42. The summed E-state index contributed by atoms with van der Waals surface area (Å²) in [6, 6.07) is 36.4. The lowest BCUT2D eigenvalue weighted by atomic mass is 10.0. The second kappa shape index (κ2) is 11.8. The lowest BCUT2D eigenvalue weighted by molar-refractivity contribution is 0.0937. The number of carbonyl (C=O) groups is 2. The normalized spacial score (nSPS) is 19.0. The van der Waals surface area contributed by atoms with E-state index in [1.807, 2.05) is 72.8 Å². The molecule has 0 spiro atoms. The Balaban J connectivity index is 1.01. The van der Waals surface area contributed by atoms with E-state index >= 15 is 0 Å². The Morgan fingerprint density at radius 3 is 2.08 bits per heavy atom. The van der Waals surface area contributed by atoms with Crippen LogP contribution in [0.2, 0.25) is 0 Å². The van der Waals surface area contributed by atoms with E-state index in [0.29, 0.717) is 18.7 Å². The van der Waals surface area contributed by atoms with Crippen LogP contribution in [0.25, 0.3) is 11.1 Å². The van der Waals surface area contributed by atoms with Gasteiger partial charge in [-0.05, 0) is 46.4 Å². The average Bonchev–Trinajstić information content (AvgIpc) is 3.60. The third kappa shape index (κ3) is 6.08. The van der Waals surface area contributed by atoms with Crippen LogP contribution in [-0.2, 0) is 17.8 Å². The molecular weight excluding hydrogens is 498 g/mol. The van der Waals surface area contributed by atoms with Crippen molar-refractivity contribution < 1.29 is 14.3 Å². The molecule has 2 heterocycles. The van der Waals surface area contributed by atoms with Crippen LogP contribution in [0.1, 0.15) is 39.6 Å². The predicted octanol–water partition coefficient (Wildman–Crippen LogP) is 6.05. The lowest BCUT2D eigenvalue weighted by Crippen LogP contribution is -2.36. The van der Waals surface area contributed by atoms with E-state index in [1.165, 1.54) is 5.56 Å². The minimum absolute atomic E-state index is 0.0280. The summed E-state index contributed by atoms with van der Waals surface area (Å²) in [6.45, 7) is 3.82. The Kier molecular flexibility index (Phi) is 7.60. The number of nitrogens with one attached hydrogen (secondary N) is 1. The first-order valence-electron chi connectivity index (χ1n) is 13.9. The van der Waals surface area contributed by atoms with Gasteiger partial charge in [-0.3, -0.25) is 14.6 Å². The molecule has 2 amide bonds. The fourth-order valence-electron chi connectivity index (χ4n) is 5.52. The van der Waals surface area contributed by atoms with Gasteiger partial charge in [0.25, 0.3) is 5.91 Å². The maximum Gasteiger partial charge on any atom is 0.410 e. The van der Waals surface area contributed by atoms with Crippen LogP contribution in [-0.4, -0.2) is 47.5 Å². The topological polar surface area (TPSA) is 61.9 Å². The maximum absolute atomic E-state index is 12.9. The van der Waals surface area contributed by atoms with Gasteiger partial charge in [0.05, 0.1) is 6.54 Å². The number of likely N-dealkylation sites (tertiary alicyclic amines) is 1. The SMILES string of the molecule is O=C(N[C@H]1CCN(Cc2ccccc2)C1)c1ccc(-c2ccc(CN3C[C@@H](c4ccccc4)OC3=O)cc2)cc1. The molecule has 4 aromatic rings. The molecule has 6 heteroatoms. The van der Waals surface area contributed by atoms with Gasteiger partial charge in [-0.2, -0.15) is 0 Å². The van der Waals surface area contributed by atoms with E-state index in [9.17, 15) is 9.59 Å². The molecule has 202 valence electrons. The Bertz CT molecular complexity index is 1440. The summed E-state index contributed by atoms with van der Waals surface area (Å²) in [5.41, 5.74) is 6.13. The van der Waals surface area contributed by atoms with Crippen LogP contribution in [0.3, 0.4) is 0 Å². The highest BCUT2D eigenvalue weighted by Gasteiger charge is 2.32. The zero-order valence-corrected chi connectivity index (χ0v) is 22.4. The highest BCUT2D eigenvalue weighted by molar-refractivity contribution is 5.95. The molecule has 0 bridgehead atoms. The Morgan fingerprint density at radius 1 is 0.750 bits per heavy atom. The predicted molar refractivity (Wildman–Crippen MR) is 156 cm³/mol. The zero-order chi connectivity index (χ0) is 27.3. The minimum atomic E-state index is -0.284. The van der Waals surface area contributed by atoms with Gasteiger partial charge in [0.1, 0.15) is 6.10 Å². The number of nitrogens with zero attached hydrogens (tertiary/aromatic N) is 2. The van der Waals surface area contributed by atoms with Crippen LogP contribution < -0.4 is 5.32 Å². The fraction of sp³-hybridized carbons (Fsp3) is 0.235. The number of carbonyl (C=O) groups excluding carboxylic acids is 2. The van der Waals surface area contributed by atoms with Crippen molar-refractivity contribution in [2.24, 2.45) is 0 Å². The zero-order valence-electron chi connectivity index (χ0n) is 22.4. The summed E-state index contributed by atoms with van der Waals surface area (Å²) in [6.07, 6.45) is 0.448. The first-order chi connectivity index (χ1) is 19.6. The molecule has 0 radical (unpaired) electrons. The smallest absolute Gasteiger partial charge is 0.410 e. The molecule has 4 aromatic carbocycles. The molecule has 6 rings (SSSR count). The lowest BCUT2D eigenvalue weighted by Gasteiger charge is -2.17. The van der Waals surface area contributed by atoms with E-state index in [1.54, 1.807) is 4.90 Å². The van der Waals surface area contributed by atoms with E-state index in [4.69, 9.17) is 4.74 Å². The van der Waals surface area contributed by atoms with Crippen molar-refractivity contribution in [1.29, 1.82) is 0 Å². The minimum Gasteiger partial charge on any atom is -0.439 e. The number of benzene rings is 4. The molecule has 40 heavy (non-hydrogen) atoms. The largest absolute Gasteiger partial charge is 0.439 e. The monoisotopic (exact) mass is 531 g/mol. The quantitative estimate of drug-likeness (QED) is 0.301. The Morgan fingerprint density at radius 2 is 1.38 bits per heavy atom. The molecule has 0 aromatic heterocycles. The first-order valence-corrected chi connectivity index (χ1v) is 13.9. The van der Waals surface area contributed by atoms with Gasteiger partial charge < -0.3 is 10.1 Å². The number of hydrogen-bond acceptors (Lipinski definition) is 4. The summed E-state index contributed by atoms with van der Waals surface area (Å²) in [4.78, 5) is 29.4. The second-order valence-electron chi connectivity index (χ2n) is 10.6. The van der Waals surface area contributed by atoms with Gasteiger partial charge in [0.2, 0.25) is 0 Å². The molecule has 2 saturated heterocycles. The number of hydrogen-bond donors (Lipinski definition) is 1. The fourth-order valence-corrected chi connectivity index (χ4v) is 5.52. The number of amides is 2. The maximum atomic E-state index is 12.9. The third-order valence-corrected chi connectivity index (χ3v) is 7.72. The van der Waals surface area contributed by atoms with Gasteiger partial charge in [0, 0.05) is 37.8 Å². The van der Waals surface area contributed by atoms with Gasteiger partial charge in [-0.1, -0.05) is 97.1 Å². The van der Waals surface area contributed by atoms with E-state index in [0.717, 1.165) is 48.3 Å². The van der Waals surface area contributed by atoms with Crippen molar-refractivity contribution in [3.63, 3.8) is 0 Å². The van der Waals surface area contributed by atoms with Crippen molar-refractivity contribution in [2.75, 3.05) is 19.6 Å². The van der Waals surface area contributed by atoms with Gasteiger partial charge >= 0.3 is 6.09 Å². The summed E-state index contributed by atoms with van der Waals surface area (Å²) in [7, 11) is 0. The Labute approximate surface area is 235 Å². The number of rotatable bonds is 8. The molecular formula is C34H33N3O3. The van der Waals surface area contributed by atoms with Crippen molar-refractivity contribution >= 4 is 12.0 Å². The summed E-state index contributed by atoms with van der Waals surface area (Å²) in [5.74, 6) is -0.0280. The molecule has 6 nitrogen and oxygen atoms in total. The first kappa shape index (κ1) is 25.8.